The van der Waals surface area contributed by atoms with E-state index in [0.29, 0.717) is 16.3 Å². The number of hydrogen-bond acceptors (Lipinski definition) is 4. The summed E-state index contributed by atoms with van der Waals surface area (Å²) in [6, 6.07) is 4.92. The molecule has 2 amide bonds. The topological polar surface area (TPSA) is 128 Å². The molecule has 0 radical (unpaired) electrons. The first-order valence-corrected chi connectivity index (χ1v) is 4.85. The monoisotopic (exact) mass is 301 g/mol. The van der Waals surface area contributed by atoms with Crippen molar-refractivity contribution in [2.45, 2.75) is 6.10 Å². The number of benzene rings is 1. The van der Waals surface area contributed by atoms with Gasteiger partial charge in [0.05, 0.1) is 17.7 Å². The van der Waals surface area contributed by atoms with Crippen LogP contribution in [0.4, 0.5) is 4.79 Å². The summed E-state index contributed by atoms with van der Waals surface area (Å²) in [5, 5.41) is 2.34. The predicted octanol–water partition coefficient (Wildman–Crippen LogP) is -0.642. The van der Waals surface area contributed by atoms with Crippen molar-refractivity contribution in [1.29, 1.82) is 0 Å². The van der Waals surface area contributed by atoms with E-state index in [4.69, 9.17) is 21.1 Å². The number of halogens is 1. The normalized spacial score (nSPS) is 16.2. The minimum atomic E-state index is -1.05. The van der Waals surface area contributed by atoms with E-state index in [1.165, 1.54) is 7.11 Å². The summed E-state index contributed by atoms with van der Waals surface area (Å²) in [6.45, 7) is 0. The van der Waals surface area contributed by atoms with Gasteiger partial charge in [-0.15, -0.1) is 0 Å². The number of amides is 2. The fourth-order valence-corrected chi connectivity index (χ4v) is 1.76. The first-order valence-electron chi connectivity index (χ1n) is 4.47. The Labute approximate surface area is 136 Å². The van der Waals surface area contributed by atoms with Crippen LogP contribution < -0.4 is 10.1 Å². The number of cyclic esters (lactones) is 1. The number of rotatable bonds is 2. The molecule has 0 spiro atoms. The zero-order valence-corrected chi connectivity index (χ0v) is 10.1. The summed E-state index contributed by atoms with van der Waals surface area (Å²) in [6.07, 6.45) is -1.83. The molecule has 9 heteroatoms. The Morgan fingerprint density at radius 1 is 1.32 bits per heavy atom. The number of methoxy groups -OCH3 is 1. The van der Waals surface area contributed by atoms with E-state index < -0.39 is 18.1 Å². The molecule has 0 aromatic heterocycles. The first-order chi connectivity index (χ1) is 7.63. The second-order valence-corrected chi connectivity index (χ2v) is 3.54. The molecule has 102 valence electrons. The van der Waals surface area contributed by atoms with Crippen molar-refractivity contribution in [2.75, 3.05) is 7.11 Å². The van der Waals surface area contributed by atoms with Crippen LogP contribution in [-0.4, -0.2) is 59.6 Å². The molecule has 0 bridgehead atoms. The van der Waals surface area contributed by atoms with Gasteiger partial charge in [-0.3, -0.25) is 10.1 Å². The summed E-state index contributed by atoms with van der Waals surface area (Å²) >= 11 is 5.95. The minimum absolute atomic E-state index is 0. The third-order valence-electron chi connectivity index (χ3n) is 2.18. The van der Waals surface area contributed by atoms with Gasteiger partial charge < -0.3 is 20.4 Å². The average Bonchev–Trinajstić information content (AvgIpc) is 2.57. The van der Waals surface area contributed by atoms with Gasteiger partial charge in [0.2, 0.25) is 6.10 Å². The van der Waals surface area contributed by atoms with Crippen LogP contribution in [0.3, 0.4) is 0 Å². The SMILES string of the molecule is COc1cccc(Cl)c1C1OC(=O)NC1=O.O.O.[NaH]. The second kappa shape index (κ2) is 8.36. The van der Waals surface area contributed by atoms with Gasteiger partial charge in [0.25, 0.3) is 5.91 Å². The Kier molecular flexibility index (Phi) is 9.02. The molecule has 1 atom stereocenters. The first kappa shape index (κ1) is 20.5. The molecule has 2 rings (SSSR count). The molecular formula is C10H13ClNNaO6. The number of imide groups is 1. The molecule has 1 aliphatic rings. The second-order valence-electron chi connectivity index (χ2n) is 3.13. The molecule has 19 heavy (non-hydrogen) atoms. The average molecular weight is 302 g/mol. The number of carbonyl (C=O) groups excluding carboxylic acids is 2. The zero-order chi connectivity index (χ0) is 11.7. The van der Waals surface area contributed by atoms with Crippen LogP contribution in [0.1, 0.15) is 11.7 Å². The molecule has 1 aliphatic heterocycles. The third-order valence-corrected chi connectivity index (χ3v) is 2.51. The number of ether oxygens (including phenoxy) is 2. The summed E-state index contributed by atoms with van der Waals surface area (Å²) in [7, 11) is 1.45. The van der Waals surface area contributed by atoms with Crippen LogP contribution in [0.2, 0.25) is 5.02 Å². The van der Waals surface area contributed by atoms with Gasteiger partial charge in [-0.25, -0.2) is 4.79 Å². The van der Waals surface area contributed by atoms with Crippen molar-refractivity contribution in [3.63, 3.8) is 0 Å². The quantitative estimate of drug-likeness (QED) is 0.728. The maximum atomic E-state index is 11.4. The van der Waals surface area contributed by atoms with E-state index in [0.717, 1.165) is 0 Å². The summed E-state index contributed by atoms with van der Waals surface area (Å²) in [4.78, 5) is 22.3. The standard InChI is InChI=1S/C10H8ClNO4.Na.2H2O.H/c1-15-6-4-2-3-5(11)7(6)8-9(13)12-10(14)16-8;;;;/h2-4,8H,1H3,(H,12,13,14);;2*1H2;. The molecular weight excluding hydrogens is 289 g/mol. The van der Waals surface area contributed by atoms with E-state index in [2.05, 4.69) is 0 Å². The van der Waals surface area contributed by atoms with Gasteiger partial charge in [-0.2, -0.15) is 0 Å². The van der Waals surface area contributed by atoms with Crippen LogP contribution in [0.25, 0.3) is 0 Å². The summed E-state index contributed by atoms with van der Waals surface area (Å²) in [5.74, 6) is -0.140. The molecule has 0 saturated carbocycles. The van der Waals surface area contributed by atoms with Crippen molar-refractivity contribution >= 4 is 53.2 Å². The van der Waals surface area contributed by atoms with Crippen LogP contribution in [0, 0.1) is 0 Å². The fourth-order valence-electron chi connectivity index (χ4n) is 1.50. The molecule has 7 nitrogen and oxygen atoms in total. The zero-order valence-electron chi connectivity index (χ0n) is 9.32. The van der Waals surface area contributed by atoms with Crippen LogP contribution in [-0.2, 0) is 9.53 Å². The number of nitrogens with one attached hydrogen (secondary N) is 1. The number of alkyl carbamates (subject to hydrolysis) is 1. The van der Waals surface area contributed by atoms with Gasteiger partial charge >= 0.3 is 35.7 Å². The van der Waals surface area contributed by atoms with Crippen molar-refractivity contribution in [2.24, 2.45) is 0 Å². The third kappa shape index (κ3) is 4.07. The van der Waals surface area contributed by atoms with Crippen LogP contribution >= 0.6 is 11.6 Å². The van der Waals surface area contributed by atoms with Crippen molar-refractivity contribution in [3.8, 4) is 5.75 Å². The van der Waals surface area contributed by atoms with Crippen LogP contribution in [0.5, 0.6) is 5.75 Å². The number of hydrogen-bond donors (Lipinski definition) is 1. The van der Waals surface area contributed by atoms with Gasteiger partial charge in [0, 0.05) is 0 Å². The van der Waals surface area contributed by atoms with Crippen LogP contribution in [0.15, 0.2) is 18.2 Å². The Morgan fingerprint density at radius 3 is 2.42 bits per heavy atom. The van der Waals surface area contributed by atoms with E-state index in [1.54, 1.807) is 18.2 Å². The summed E-state index contributed by atoms with van der Waals surface area (Å²) in [5.41, 5.74) is 0.356. The van der Waals surface area contributed by atoms with E-state index >= 15 is 0 Å². The Bertz CT molecular complexity index is 469. The molecule has 1 saturated heterocycles. The molecule has 1 aromatic rings. The van der Waals surface area contributed by atoms with Gasteiger partial charge in [-0.1, -0.05) is 17.7 Å². The molecule has 5 N–H and O–H groups in total. The Hall–Kier alpha value is -0.830. The Balaban J connectivity index is 0. The molecule has 1 aromatic carbocycles. The van der Waals surface area contributed by atoms with Crippen molar-refractivity contribution in [1.82, 2.24) is 5.32 Å². The molecule has 1 heterocycles. The van der Waals surface area contributed by atoms with Gasteiger partial charge in [0.1, 0.15) is 5.75 Å². The van der Waals surface area contributed by atoms with Gasteiger partial charge in [0.15, 0.2) is 0 Å². The molecule has 0 aliphatic carbocycles. The number of carbonyl (C=O) groups is 2. The summed E-state index contributed by atoms with van der Waals surface area (Å²) < 4.78 is 9.89. The van der Waals surface area contributed by atoms with E-state index in [9.17, 15) is 9.59 Å². The fraction of sp³-hybridized carbons (Fsp3) is 0.200. The Morgan fingerprint density at radius 2 is 1.95 bits per heavy atom. The maximum absolute atomic E-state index is 11.4. The van der Waals surface area contributed by atoms with Gasteiger partial charge in [-0.05, 0) is 12.1 Å². The van der Waals surface area contributed by atoms with E-state index in [-0.39, 0.29) is 40.5 Å². The van der Waals surface area contributed by atoms with Crippen molar-refractivity contribution < 1.29 is 30.0 Å². The predicted molar refractivity (Wildman–Crippen MR) is 69.7 cm³/mol. The molecule has 1 unspecified atom stereocenters. The molecule has 1 fully saturated rings. The van der Waals surface area contributed by atoms with E-state index in [1.807, 2.05) is 5.32 Å². The van der Waals surface area contributed by atoms with Crippen molar-refractivity contribution in [3.05, 3.63) is 28.8 Å².